The lowest BCUT2D eigenvalue weighted by atomic mass is 10.1. The largest absolute Gasteiger partial charge is 0.306 e. The molecule has 2 aromatic heterocycles. The molecule has 104 valence electrons. The third-order valence-corrected chi connectivity index (χ3v) is 3.33. The van der Waals surface area contributed by atoms with Crippen LogP contribution < -0.4 is 5.32 Å². The molecule has 0 saturated carbocycles. The smallest absolute Gasteiger partial charge is 0.257 e. The van der Waals surface area contributed by atoms with E-state index >= 15 is 0 Å². The van der Waals surface area contributed by atoms with Gasteiger partial charge in [-0.3, -0.25) is 9.78 Å². The van der Waals surface area contributed by atoms with E-state index in [1.807, 2.05) is 50.2 Å². The van der Waals surface area contributed by atoms with Gasteiger partial charge >= 0.3 is 0 Å². The van der Waals surface area contributed by atoms with Crippen LogP contribution in [0, 0.1) is 13.8 Å². The number of hydrogen-bond acceptors (Lipinski definition) is 3. The molecule has 0 bridgehead atoms. The van der Waals surface area contributed by atoms with Gasteiger partial charge in [-0.05, 0) is 37.6 Å². The molecule has 3 aromatic rings. The normalized spacial score (nSPS) is 10.6. The molecule has 2 heterocycles. The van der Waals surface area contributed by atoms with Crippen molar-refractivity contribution in [3.63, 3.8) is 0 Å². The van der Waals surface area contributed by atoms with Crippen LogP contribution in [0.25, 0.3) is 10.9 Å². The SMILES string of the molecule is Cc1cc(C(=O)Nc2ncccc2C)c2ccccc2n1. The second kappa shape index (κ2) is 5.32. The Kier molecular flexibility index (Phi) is 3.36. The van der Waals surface area contributed by atoms with Gasteiger partial charge in [-0.1, -0.05) is 24.3 Å². The van der Waals surface area contributed by atoms with Gasteiger partial charge in [0, 0.05) is 17.3 Å². The summed E-state index contributed by atoms with van der Waals surface area (Å²) in [4.78, 5) is 21.2. The van der Waals surface area contributed by atoms with Crippen molar-refractivity contribution in [2.45, 2.75) is 13.8 Å². The van der Waals surface area contributed by atoms with E-state index in [4.69, 9.17) is 0 Å². The molecular formula is C17H15N3O. The maximum atomic E-state index is 12.6. The number of amides is 1. The molecule has 0 aliphatic carbocycles. The van der Waals surface area contributed by atoms with Crippen molar-refractivity contribution >= 4 is 22.6 Å². The van der Waals surface area contributed by atoms with Gasteiger partial charge in [0.15, 0.2) is 0 Å². The van der Waals surface area contributed by atoms with Crippen LogP contribution in [0.2, 0.25) is 0 Å². The van der Waals surface area contributed by atoms with Crippen molar-refractivity contribution in [2.24, 2.45) is 0 Å². The van der Waals surface area contributed by atoms with Crippen LogP contribution >= 0.6 is 0 Å². The Hall–Kier alpha value is -2.75. The maximum absolute atomic E-state index is 12.6. The molecule has 1 aromatic carbocycles. The van der Waals surface area contributed by atoms with Gasteiger partial charge in [-0.2, -0.15) is 0 Å². The second-order valence-corrected chi connectivity index (χ2v) is 4.95. The minimum absolute atomic E-state index is 0.168. The number of nitrogens with one attached hydrogen (secondary N) is 1. The summed E-state index contributed by atoms with van der Waals surface area (Å²) < 4.78 is 0. The lowest BCUT2D eigenvalue weighted by molar-refractivity contribution is 0.102. The topological polar surface area (TPSA) is 54.9 Å². The third-order valence-electron chi connectivity index (χ3n) is 3.33. The zero-order valence-corrected chi connectivity index (χ0v) is 11.9. The van der Waals surface area contributed by atoms with Crippen molar-refractivity contribution in [1.29, 1.82) is 0 Å². The van der Waals surface area contributed by atoms with Gasteiger partial charge in [0.1, 0.15) is 5.82 Å². The molecule has 1 N–H and O–H groups in total. The van der Waals surface area contributed by atoms with Crippen LogP contribution in [0.3, 0.4) is 0 Å². The molecule has 0 fully saturated rings. The number of carbonyl (C=O) groups is 1. The molecule has 0 aliphatic heterocycles. The predicted molar refractivity (Wildman–Crippen MR) is 83.4 cm³/mol. The van der Waals surface area contributed by atoms with E-state index in [0.717, 1.165) is 22.2 Å². The molecule has 0 radical (unpaired) electrons. The van der Waals surface area contributed by atoms with Crippen LogP contribution in [0.15, 0.2) is 48.7 Å². The number of hydrogen-bond donors (Lipinski definition) is 1. The molecule has 0 spiro atoms. The molecule has 4 nitrogen and oxygen atoms in total. The zero-order chi connectivity index (χ0) is 14.8. The van der Waals surface area contributed by atoms with Crippen molar-refractivity contribution in [3.8, 4) is 0 Å². The number of carbonyl (C=O) groups excluding carboxylic acids is 1. The number of para-hydroxylation sites is 1. The van der Waals surface area contributed by atoms with Crippen LogP contribution in [-0.2, 0) is 0 Å². The lowest BCUT2D eigenvalue weighted by Crippen LogP contribution is -2.15. The van der Waals surface area contributed by atoms with E-state index < -0.39 is 0 Å². The van der Waals surface area contributed by atoms with Crippen LogP contribution in [0.5, 0.6) is 0 Å². The Labute approximate surface area is 122 Å². The second-order valence-electron chi connectivity index (χ2n) is 4.95. The summed E-state index contributed by atoms with van der Waals surface area (Å²) in [5.41, 5.74) is 3.18. The number of anilines is 1. The first kappa shape index (κ1) is 13.2. The van der Waals surface area contributed by atoms with Crippen molar-refractivity contribution in [1.82, 2.24) is 9.97 Å². The summed E-state index contributed by atoms with van der Waals surface area (Å²) >= 11 is 0. The first-order chi connectivity index (χ1) is 10.1. The fourth-order valence-corrected chi connectivity index (χ4v) is 2.29. The highest BCUT2D eigenvalue weighted by molar-refractivity contribution is 6.12. The van der Waals surface area contributed by atoms with E-state index in [9.17, 15) is 4.79 Å². The minimum Gasteiger partial charge on any atom is -0.306 e. The molecule has 1 amide bonds. The Morgan fingerprint density at radius 2 is 1.90 bits per heavy atom. The Morgan fingerprint density at radius 3 is 2.71 bits per heavy atom. The van der Waals surface area contributed by atoms with Gasteiger partial charge in [-0.15, -0.1) is 0 Å². The highest BCUT2D eigenvalue weighted by Crippen LogP contribution is 2.20. The minimum atomic E-state index is -0.168. The predicted octanol–water partition coefficient (Wildman–Crippen LogP) is 3.50. The van der Waals surface area contributed by atoms with E-state index in [-0.39, 0.29) is 5.91 Å². The van der Waals surface area contributed by atoms with Crippen molar-refractivity contribution < 1.29 is 4.79 Å². The summed E-state index contributed by atoms with van der Waals surface area (Å²) in [6.07, 6.45) is 1.67. The first-order valence-electron chi connectivity index (χ1n) is 6.74. The molecule has 0 unspecified atom stereocenters. The van der Waals surface area contributed by atoms with E-state index in [0.29, 0.717) is 11.4 Å². The summed E-state index contributed by atoms with van der Waals surface area (Å²) in [5, 5.41) is 3.71. The average molecular weight is 277 g/mol. The highest BCUT2D eigenvalue weighted by Gasteiger charge is 2.13. The van der Waals surface area contributed by atoms with Crippen LogP contribution in [0.1, 0.15) is 21.6 Å². The highest BCUT2D eigenvalue weighted by atomic mass is 16.1. The summed E-state index contributed by atoms with van der Waals surface area (Å²) in [5.74, 6) is 0.416. The maximum Gasteiger partial charge on any atom is 0.257 e. The molecule has 3 rings (SSSR count). The third kappa shape index (κ3) is 2.60. The standard InChI is InChI=1S/C17H15N3O/c1-11-6-5-9-18-16(11)20-17(21)14-10-12(2)19-15-8-4-3-7-13(14)15/h3-10H,1-2H3,(H,18,20,21). The van der Waals surface area contributed by atoms with Crippen molar-refractivity contribution in [3.05, 3.63) is 65.5 Å². The average Bonchev–Trinajstić information content (AvgIpc) is 2.48. The molecule has 0 atom stereocenters. The van der Waals surface area contributed by atoms with Gasteiger partial charge in [-0.25, -0.2) is 4.98 Å². The fourth-order valence-electron chi connectivity index (χ4n) is 2.29. The zero-order valence-electron chi connectivity index (χ0n) is 11.9. The fraction of sp³-hybridized carbons (Fsp3) is 0.118. The van der Waals surface area contributed by atoms with Crippen LogP contribution in [0.4, 0.5) is 5.82 Å². The van der Waals surface area contributed by atoms with E-state index in [1.165, 1.54) is 0 Å². The molecule has 4 heteroatoms. The van der Waals surface area contributed by atoms with E-state index in [1.54, 1.807) is 12.3 Å². The Morgan fingerprint density at radius 1 is 1.10 bits per heavy atom. The molecule has 0 aliphatic rings. The lowest BCUT2D eigenvalue weighted by Gasteiger charge is -2.10. The number of benzene rings is 1. The van der Waals surface area contributed by atoms with E-state index in [2.05, 4.69) is 15.3 Å². The number of pyridine rings is 2. The molecule has 0 saturated heterocycles. The van der Waals surface area contributed by atoms with Gasteiger partial charge in [0.25, 0.3) is 5.91 Å². The van der Waals surface area contributed by atoms with Gasteiger partial charge in [0.05, 0.1) is 11.1 Å². The Bertz CT molecular complexity index is 827. The van der Waals surface area contributed by atoms with Crippen LogP contribution in [-0.4, -0.2) is 15.9 Å². The quantitative estimate of drug-likeness (QED) is 0.780. The van der Waals surface area contributed by atoms with Crippen molar-refractivity contribution in [2.75, 3.05) is 5.32 Å². The number of nitrogens with zero attached hydrogens (tertiary/aromatic N) is 2. The summed E-state index contributed by atoms with van der Waals surface area (Å²) in [6, 6.07) is 13.2. The molecular weight excluding hydrogens is 262 g/mol. The monoisotopic (exact) mass is 277 g/mol. The number of aromatic nitrogens is 2. The first-order valence-corrected chi connectivity index (χ1v) is 6.74. The molecule has 21 heavy (non-hydrogen) atoms. The Balaban J connectivity index is 2.04. The summed E-state index contributed by atoms with van der Waals surface area (Å²) in [6.45, 7) is 3.80. The van der Waals surface area contributed by atoms with Gasteiger partial charge < -0.3 is 5.32 Å². The number of fused-ring (bicyclic) bond motifs is 1. The summed E-state index contributed by atoms with van der Waals surface area (Å²) in [7, 11) is 0. The van der Waals surface area contributed by atoms with Gasteiger partial charge in [0.2, 0.25) is 0 Å². The number of aryl methyl sites for hydroxylation is 2. The number of rotatable bonds is 2.